The van der Waals surface area contributed by atoms with Gasteiger partial charge in [-0.2, -0.15) is 9.61 Å². The molecule has 0 saturated carbocycles. The first-order chi connectivity index (χ1) is 13.4. The molecule has 0 fully saturated rings. The molecule has 1 N–H and O–H groups in total. The van der Waals surface area contributed by atoms with E-state index in [1.165, 1.54) is 23.5 Å². The molecule has 0 aliphatic rings. The summed E-state index contributed by atoms with van der Waals surface area (Å²) in [5, 5.41) is 26.8. The van der Waals surface area contributed by atoms with E-state index in [1.54, 1.807) is 22.7 Å². The van der Waals surface area contributed by atoms with Gasteiger partial charge >= 0.3 is 0 Å². The molecule has 2 aromatic carbocycles. The Morgan fingerprint density at radius 1 is 1.25 bits per heavy atom. The average Bonchev–Trinajstić information content (AvgIpc) is 3.24. The highest BCUT2D eigenvalue weighted by Crippen LogP contribution is 2.28. The topological polar surface area (TPSA) is 115 Å². The van der Waals surface area contributed by atoms with Crippen molar-refractivity contribution in [2.45, 2.75) is 6.92 Å². The minimum absolute atomic E-state index is 0.00646. The molecule has 28 heavy (non-hydrogen) atoms. The van der Waals surface area contributed by atoms with Gasteiger partial charge in [-0.1, -0.05) is 35.1 Å². The second-order valence-corrected chi connectivity index (χ2v) is 7.17. The quantitative estimate of drug-likeness (QED) is 0.399. The number of nitro benzene ring substituents is 1. The second-order valence-electron chi connectivity index (χ2n) is 5.80. The Morgan fingerprint density at radius 2 is 2.07 bits per heavy atom. The molecular weight excluding hydrogens is 404 g/mol. The van der Waals surface area contributed by atoms with Crippen LogP contribution in [0, 0.1) is 17.0 Å². The third kappa shape index (κ3) is 3.30. The Labute approximate surface area is 166 Å². The number of hydrogen-bond donors (Lipinski definition) is 1. The van der Waals surface area contributed by atoms with E-state index < -0.39 is 10.8 Å². The van der Waals surface area contributed by atoms with Gasteiger partial charge in [0.05, 0.1) is 15.5 Å². The molecule has 0 atom stereocenters. The molecule has 0 saturated heterocycles. The predicted molar refractivity (Wildman–Crippen MR) is 105 cm³/mol. The summed E-state index contributed by atoms with van der Waals surface area (Å²) in [5.41, 5.74) is 1.32. The van der Waals surface area contributed by atoms with Crippen LogP contribution >= 0.6 is 22.9 Å². The van der Waals surface area contributed by atoms with Gasteiger partial charge in [-0.05, 0) is 25.1 Å². The monoisotopic (exact) mass is 414 g/mol. The molecule has 0 spiro atoms. The number of nitro groups is 1. The fourth-order valence-corrected chi connectivity index (χ4v) is 3.70. The SMILES string of the molecule is Cc1nnc2sc(-c3cccc(NC(=O)c4ccc([N+](=O)[O-])cc4Cl)c3)nn12. The van der Waals surface area contributed by atoms with Crippen LogP contribution in [0.3, 0.4) is 0 Å². The Balaban J connectivity index is 1.59. The number of nitrogens with one attached hydrogen (secondary N) is 1. The molecule has 4 rings (SSSR count). The van der Waals surface area contributed by atoms with Crippen molar-refractivity contribution in [3.63, 3.8) is 0 Å². The average molecular weight is 415 g/mol. The lowest BCUT2D eigenvalue weighted by molar-refractivity contribution is -0.384. The van der Waals surface area contributed by atoms with Crippen molar-refractivity contribution in [1.82, 2.24) is 19.8 Å². The third-order valence-electron chi connectivity index (χ3n) is 3.92. The molecule has 140 valence electrons. The predicted octanol–water partition coefficient (Wildman–Crippen LogP) is 3.98. The zero-order chi connectivity index (χ0) is 19.8. The number of carbonyl (C=O) groups is 1. The van der Waals surface area contributed by atoms with Crippen LogP contribution in [-0.4, -0.2) is 30.6 Å². The lowest BCUT2D eigenvalue weighted by atomic mass is 10.1. The highest BCUT2D eigenvalue weighted by molar-refractivity contribution is 7.19. The Kier molecular flexibility index (Phi) is 4.49. The first-order valence-electron chi connectivity index (χ1n) is 7.97. The summed E-state index contributed by atoms with van der Waals surface area (Å²) in [7, 11) is 0. The number of anilines is 1. The zero-order valence-electron chi connectivity index (χ0n) is 14.3. The number of amides is 1. The third-order valence-corrected chi connectivity index (χ3v) is 5.18. The van der Waals surface area contributed by atoms with Crippen molar-refractivity contribution in [1.29, 1.82) is 0 Å². The molecule has 1 amide bonds. The van der Waals surface area contributed by atoms with Gasteiger partial charge in [0.15, 0.2) is 5.82 Å². The van der Waals surface area contributed by atoms with Gasteiger partial charge in [0.25, 0.3) is 11.6 Å². The van der Waals surface area contributed by atoms with Crippen LogP contribution in [0.2, 0.25) is 5.02 Å². The number of benzene rings is 2. The number of rotatable bonds is 4. The van der Waals surface area contributed by atoms with Gasteiger partial charge in [0, 0.05) is 23.4 Å². The van der Waals surface area contributed by atoms with Crippen molar-refractivity contribution in [2.75, 3.05) is 5.32 Å². The number of hydrogen-bond acceptors (Lipinski definition) is 7. The van der Waals surface area contributed by atoms with E-state index in [1.807, 2.05) is 13.0 Å². The van der Waals surface area contributed by atoms with Crippen LogP contribution in [0.25, 0.3) is 15.5 Å². The van der Waals surface area contributed by atoms with Crippen molar-refractivity contribution < 1.29 is 9.72 Å². The van der Waals surface area contributed by atoms with Crippen LogP contribution in [0.4, 0.5) is 11.4 Å². The van der Waals surface area contributed by atoms with Gasteiger partial charge in [0.1, 0.15) is 5.01 Å². The summed E-state index contributed by atoms with van der Waals surface area (Å²) >= 11 is 7.40. The Hall–Kier alpha value is -3.37. The number of nitrogens with zero attached hydrogens (tertiary/aromatic N) is 5. The number of fused-ring (bicyclic) bond motifs is 1. The summed E-state index contributed by atoms with van der Waals surface area (Å²) in [6.07, 6.45) is 0. The van der Waals surface area contributed by atoms with Crippen molar-refractivity contribution in [3.8, 4) is 10.6 Å². The second kappa shape index (κ2) is 6.98. The van der Waals surface area contributed by atoms with Gasteiger partial charge in [-0.25, -0.2) is 0 Å². The summed E-state index contributed by atoms with van der Waals surface area (Å²) < 4.78 is 1.65. The van der Waals surface area contributed by atoms with E-state index in [9.17, 15) is 14.9 Å². The van der Waals surface area contributed by atoms with E-state index >= 15 is 0 Å². The molecule has 4 aromatic rings. The zero-order valence-corrected chi connectivity index (χ0v) is 15.9. The highest BCUT2D eigenvalue weighted by atomic mass is 35.5. The molecule has 9 nitrogen and oxygen atoms in total. The minimum Gasteiger partial charge on any atom is -0.322 e. The standard InChI is InChI=1S/C17H11ClN6O3S/c1-9-20-21-17-23(9)22-16(28-17)10-3-2-4-11(7-10)19-15(25)13-6-5-12(24(26)27)8-14(13)18/h2-8H,1H3,(H,19,25). The van der Waals surface area contributed by atoms with Gasteiger partial charge in [0.2, 0.25) is 4.96 Å². The molecule has 0 bridgehead atoms. The summed E-state index contributed by atoms with van der Waals surface area (Å²) in [4.78, 5) is 23.4. The fraction of sp³-hybridized carbons (Fsp3) is 0.0588. The van der Waals surface area contributed by atoms with Crippen LogP contribution in [-0.2, 0) is 0 Å². The normalized spacial score (nSPS) is 10.9. The summed E-state index contributed by atoms with van der Waals surface area (Å²) in [6.45, 7) is 1.81. The highest BCUT2D eigenvalue weighted by Gasteiger charge is 2.16. The van der Waals surface area contributed by atoms with Crippen molar-refractivity contribution in [3.05, 3.63) is 69.0 Å². The fourth-order valence-electron chi connectivity index (χ4n) is 2.56. The lowest BCUT2D eigenvalue weighted by Crippen LogP contribution is -2.12. The van der Waals surface area contributed by atoms with E-state index in [2.05, 4.69) is 20.6 Å². The molecular formula is C17H11ClN6O3S. The van der Waals surface area contributed by atoms with E-state index in [0.717, 1.165) is 16.6 Å². The molecule has 0 aliphatic heterocycles. The van der Waals surface area contributed by atoms with Crippen LogP contribution < -0.4 is 5.32 Å². The lowest BCUT2D eigenvalue weighted by Gasteiger charge is -2.08. The van der Waals surface area contributed by atoms with Crippen LogP contribution in [0.5, 0.6) is 0 Å². The summed E-state index contributed by atoms with van der Waals surface area (Å²) in [6, 6.07) is 10.9. The van der Waals surface area contributed by atoms with Gasteiger partial charge < -0.3 is 5.32 Å². The van der Waals surface area contributed by atoms with Crippen LogP contribution in [0.1, 0.15) is 16.2 Å². The maximum Gasteiger partial charge on any atom is 0.270 e. The van der Waals surface area contributed by atoms with Crippen LogP contribution in [0.15, 0.2) is 42.5 Å². The molecule has 11 heteroatoms. The molecule has 0 aliphatic carbocycles. The van der Waals surface area contributed by atoms with Gasteiger partial charge in [-0.3, -0.25) is 14.9 Å². The summed E-state index contributed by atoms with van der Waals surface area (Å²) in [5.74, 6) is 0.223. The Morgan fingerprint density at radius 3 is 2.79 bits per heavy atom. The first-order valence-corrected chi connectivity index (χ1v) is 9.16. The Bertz CT molecular complexity index is 1230. The van der Waals surface area contributed by atoms with E-state index in [4.69, 9.17) is 11.6 Å². The maximum absolute atomic E-state index is 12.5. The number of aromatic nitrogens is 4. The first kappa shape index (κ1) is 18.0. The van der Waals surface area contributed by atoms with Gasteiger partial charge in [-0.15, -0.1) is 10.2 Å². The number of non-ortho nitro benzene ring substituents is 1. The van der Waals surface area contributed by atoms with E-state index in [-0.39, 0.29) is 16.3 Å². The van der Waals surface area contributed by atoms with E-state index in [0.29, 0.717) is 16.5 Å². The van der Waals surface area contributed by atoms with Crippen molar-refractivity contribution >= 4 is 45.2 Å². The molecule has 2 aromatic heterocycles. The number of halogens is 1. The molecule has 2 heterocycles. The molecule has 0 unspecified atom stereocenters. The number of carbonyl (C=O) groups excluding carboxylic acids is 1. The van der Waals surface area contributed by atoms with Crippen molar-refractivity contribution in [2.24, 2.45) is 0 Å². The number of aryl methyl sites for hydroxylation is 1. The maximum atomic E-state index is 12.5. The molecule has 0 radical (unpaired) electrons. The largest absolute Gasteiger partial charge is 0.322 e. The smallest absolute Gasteiger partial charge is 0.270 e. The minimum atomic E-state index is -0.570.